The normalized spacial score (nSPS) is 14.2. The Bertz CT molecular complexity index is 566. The summed E-state index contributed by atoms with van der Waals surface area (Å²) in [7, 11) is -1.32. The van der Waals surface area contributed by atoms with Gasteiger partial charge in [0.2, 0.25) is 0 Å². The molecule has 116 valence electrons. The SMILES string of the molecule is CC(C)(C)OC(=O)c1cccc(/C=N/[S@](=O)C(C)(C)C)c1. The first kappa shape index (κ1) is 17.6. The van der Waals surface area contributed by atoms with Crippen molar-refractivity contribution in [1.82, 2.24) is 0 Å². The highest BCUT2D eigenvalue weighted by Gasteiger charge is 2.19. The highest BCUT2D eigenvalue weighted by Crippen LogP contribution is 2.14. The van der Waals surface area contributed by atoms with Gasteiger partial charge < -0.3 is 4.74 Å². The zero-order chi connectivity index (χ0) is 16.3. The highest BCUT2D eigenvalue weighted by molar-refractivity contribution is 7.85. The van der Waals surface area contributed by atoms with E-state index < -0.39 is 21.3 Å². The Morgan fingerprint density at radius 1 is 1.19 bits per heavy atom. The maximum atomic E-state index is 12.0. The lowest BCUT2D eigenvalue weighted by Crippen LogP contribution is -2.23. The summed E-state index contributed by atoms with van der Waals surface area (Å²) in [6, 6.07) is 6.92. The predicted molar refractivity (Wildman–Crippen MR) is 87.1 cm³/mol. The molecule has 0 amide bonds. The van der Waals surface area contributed by atoms with E-state index >= 15 is 0 Å². The minimum atomic E-state index is -1.32. The van der Waals surface area contributed by atoms with Gasteiger partial charge in [-0.15, -0.1) is 0 Å². The van der Waals surface area contributed by atoms with E-state index in [-0.39, 0.29) is 5.97 Å². The maximum absolute atomic E-state index is 12.0. The fraction of sp³-hybridized carbons (Fsp3) is 0.500. The molecule has 0 fully saturated rings. The van der Waals surface area contributed by atoms with Crippen LogP contribution < -0.4 is 0 Å². The number of ether oxygens (including phenoxy) is 1. The molecule has 0 aliphatic heterocycles. The van der Waals surface area contributed by atoms with Crippen molar-refractivity contribution in [2.45, 2.75) is 51.9 Å². The second-order valence-electron chi connectivity index (χ2n) is 6.72. The smallest absolute Gasteiger partial charge is 0.338 e. The molecule has 0 saturated heterocycles. The van der Waals surface area contributed by atoms with Crippen LogP contribution in [0, 0.1) is 0 Å². The predicted octanol–water partition coefficient (Wildman–Crippen LogP) is 3.52. The van der Waals surface area contributed by atoms with Gasteiger partial charge in [-0.3, -0.25) is 0 Å². The molecule has 1 aromatic carbocycles. The first-order valence-corrected chi connectivity index (χ1v) is 7.89. The van der Waals surface area contributed by atoms with E-state index in [1.807, 2.05) is 41.5 Å². The fourth-order valence-corrected chi connectivity index (χ4v) is 1.88. The fourth-order valence-electron chi connectivity index (χ4n) is 1.35. The van der Waals surface area contributed by atoms with Gasteiger partial charge in [0, 0.05) is 6.21 Å². The largest absolute Gasteiger partial charge is 0.456 e. The average molecular weight is 309 g/mol. The molecule has 0 N–H and O–H groups in total. The van der Waals surface area contributed by atoms with Gasteiger partial charge in [-0.2, -0.15) is 4.40 Å². The summed E-state index contributed by atoms with van der Waals surface area (Å²) >= 11 is 0. The lowest BCUT2D eigenvalue weighted by Gasteiger charge is -2.19. The molecule has 0 spiro atoms. The van der Waals surface area contributed by atoms with Crippen molar-refractivity contribution in [2.24, 2.45) is 4.40 Å². The van der Waals surface area contributed by atoms with Crippen molar-refractivity contribution in [1.29, 1.82) is 0 Å². The van der Waals surface area contributed by atoms with E-state index in [0.717, 1.165) is 5.56 Å². The summed E-state index contributed by atoms with van der Waals surface area (Å²) in [5.41, 5.74) is 0.640. The lowest BCUT2D eigenvalue weighted by molar-refractivity contribution is 0.00695. The van der Waals surface area contributed by atoms with E-state index in [9.17, 15) is 9.00 Å². The van der Waals surface area contributed by atoms with Crippen LogP contribution in [0.1, 0.15) is 57.5 Å². The number of carbonyl (C=O) groups is 1. The molecule has 0 unspecified atom stereocenters. The number of nitrogens with zero attached hydrogens (tertiary/aromatic N) is 1. The van der Waals surface area contributed by atoms with Crippen LogP contribution in [0.25, 0.3) is 0 Å². The molecule has 0 aliphatic rings. The molecule has 0 saturated carbocycles. The quantitative estimate of drug-likeness (QED) is 0.634. The van der Waals surface area contributed by atoms with E-state index in [0.29, 0.717) is 5.56 Å². The lowest BCUT2D eigenvalue weighted by atomic mass is 10.1. The zero-order valence-electron chi connectivity index (χ0n) is 13.5. The standard InChI is InChI=1S/C16H23NO3S/c1-15(2,3)20-14(18)13-9-7-8-12(10-13)11-17-21(19)16(4,5)6/h7-11H,1-6H3/b17-11+/t21-/m1/s1. The molecule has 0 radical (unpaired) electrons. The van der Waals surface area contributed by atoms with Crippen molar-refractivity contribution in [2.75, 3.05) is 0 Å². The molecule has 5 heteroatoms. The average Bonchev–Trinajstić information content (AvgIpc) is 2.33. The Kier molecular flexibility index (Phi) is 5.45. The van der Waals surface area contributed by atoms with Gasteiger partial charge >= 0.3 is 5.97 Å². The van der Waals surface area contributed by atoms with E-state index in [1.165, 1.54) is 6.21 Å². The Labute approximate surface area is 129 Å². The number of benzene rings is 1. The van der Waals surface area contributed by atoms with Crippen molar-refractivity contribution >= 4 is 23.2 Å². The van der Waals surface area contributed by atoms with E-state index in [2.05, 4.69) is 4.40 Å². The van der Waals surface area contributed by atoms with Crippen LogP contribution in [-0.4, -0.2) is 26.7 Å². The second kappa shape index (κ2) is 6.52. The van der Waals surface area contributed by atoms with Crippen LogP contribution in [0.15, 0.2) is 28.7 Å². The zero-order valence-corrected chi connectivity index (χ0v) is 14.3. The topological polar surface area (TPSA) is 55.7 Å². The van der Waals surface area contributed by atoms with Crippen molar-refractivity contribution in [3.8, 4) is 0 Å². The third kappa shape index (κ3) is 6.21. The van der Waals surface area contributed by atoms with E-state index in [4.69, 9.17) is 4.74 Å². The molecule has 1 atom stereocenters. The number of hydrogen-bond donors (Lipinski definition) is 0. The molecular weight excluding hydrogens is 286 g/mol. The Balaban J connectivity index is 2.89. The van der Waals surface area contributed by atoms with Crippen molar-refractivity contribution < 1.29 is 13.7 Å². The van der Waals surface area contributed by atoms with Gasteiger partial charge in [-0.1, -0.05) is 12.1 Å². The molecule has 4 nitrogen and oxygen atoms in total. The van der Waals surface area contributed by atoms with Crippen LogP contribution in [0.5, 0.6) is 0 Å². The van der Waals surface area contributed by atoms with Crippen LogP contribution in [0.2, 0.25) is 0 Å². The summed E-state index contributed by atoms with van der Waals surface area (Å²) in [6.45, 7) is 11.0. The molecule has 1 aromatic rings. The molecule has 21 heavy (non-hydrogen) atoms. The van der Waals surface area contributed by atoms with Crippen molar-refractivity contribution in [3.63, 3.8) is 0 Å². The molecule has 0 aliphatic carbocycles. The molecular formula is C16H23NO3S. The maximum Gasteiger partial charge on any atom is 0.338 e. The van der Waals surface area contributed by atoms with Crippen LogP contribution >= 0.6 is 0 Å². The Hall–Kier alpha value is -1.49. The van der Waals surface area contributed by atoms with Gasteiger partial charge in [0.15, 0.2) is 0 Å². The van der Waals surface area contributed by atoms with Gasteiger partial charge in [-0.05, 0) is 59.2 Å². The van der Waals surface area contributed by atoms with Gasteiger partial charge in [-0.25, -0.2) is 9.00 Å². The van der Waals surface area contributed by atoms with Crippen LogP contribution in [0.4, 0.5) is 0 Å². The Morgan fingerprint density at radius 2 is 1.81 bits per heavy atom. The highest BCUT2D eigenvalue weighted by atomic mass is 32.2. The first-order chi connectivity index (χ1) is 9.49. The monoisotopic (exact) mass is 309 g/mol. The van der Waals surface area contributed by atoms with Gasteiger partial charge in [0.1, 0.15) is 16.6 Å². The third-order valence-corrected chi connectivity index (χ3v) is 3.69. The van der Waals surface area contributed by atoms with Crippen molar-refractivity contribution in [3.05, 3.63) is 35.4 Å². The minimum absolute atomic E-state index is 0.380. The summed E-state index contributed by atoms with van der Waals surface area (Å²) < 4.78 is 20.8. The molecule has 0 aromatic heterocycles. The van der Waals surface area contributed by atoms with Gasteiger partial charge in [0.25, 0.3) is 0 Å². The summed E-state index contributed by atoms with van der Waals surface area (Å²) in [4.78, 5) is 12.0. The molecule has 0 heterocycles. The number of rotatable bonds is 3. The molecule has 0 bridgehead atoms. The van der Waals surface area contributed by atoms with Crippen LogP contribution in [-0.2, 0) is 15.7 Å². The summed E-state index contributed by atoms with van der Waals surface area (Å²) in [5.74, 6) is -0.380. The summed E-state index contributed by atoms with van der Waals surface area (Å²) in [5, 5.41) is 0. The number of carbonyl (C=O) groups excluding carboxylic acids is 1. The van der Waals surface area contributed by atoms with Gasteiger partial charge in [0.05, 0.1) is 10.3 Å². The Morgan fingerprint density at radius 3 is 2.33 bits per heavy atom. The number of hydrogen-bond acceptors (Lipinski definition) is 3. The minimum Gasteiger partial charge on any atom is -0.456 e. The summed E-state index contributed by atoms with van der Waals surface area (Å²) in [6.07, 6.45) is 1.52. The van der Waals surface area contributed by atoms with Crippen LogP contribution in [0.3, 0.4) is 0 Å². The second-order valence-corrected chi connectivity index (χ2v) is 8.66. The third-order valence-electron chi connectivity index (χ3n) is 2.34. The number of esters is 1. The first-order valence-electron chi connectivity index (χ1n) is 6.78. The molecule has 1 rings (SSSR count). The van der Waals surface area contributed by atoms with E-state index in [1.54, 1.807) is 24.3 Å².